The molecule has 0 saturated carbocycles. The molecule has 0 aliphatic carbocycles. The van der Waals surface area contributed by atoms with Crippen LogP contribution in [-0.2, 0) is 4.79 Å². The number of hydrogen-bond acceptors (Lipinski definition) is 7. The van der Waals surface area contributed by atoms with Gasteiger partial charge in [-0.25, -0.2) is 14.6 Å². The third-order valence-corrected chi connectivity index (χ3v) is 6.80. The second kappa shape index (κ2) is 11.0. The number of aromatic nitrogens is 4. The first-order valence-electron chi connectivity index (χ1n) is 12.8. The summed E-state index contributed by atoms with van der Waals surface area (Å²) in [6.45, 7) is 3.14. The lowest BCUT2D eigenvalue weighted by Gasteiger charge is -2.34. The zero-order valence-corrected chi connectivity index (χ0v) is 21.0. The van der Waals surface area contributed by atoms with Gasteiger partial charge in [0.25, 0.3) is 5.91 Å². The first-order chi connectivity index (χ1) is 18.0. The Labute approximate surface area is 215 Å². The van der Waals surface area contributed by atoms with Crippen LogP contribution in [0.4, 0.5) is 5.82 Å². The number of fused-ring (bicyclic) bond motifs is 1. The maximum absolute atomic E-state index is 12.9. The Morgan fingerprint density at radius 1 is 1.14 bits per heavy atom. The number of nitrogen functional groups attached to an aromatic ring is 1. The molecule has 2 unspecified atom stereocenters. The Hall–Kier alpha value is -3.98. The van der Waals surface area contributed by atoms with E-state index in [9.17, 15) is 9.90 Å². The molecule has 4 aromatic rings. The molecule has 3 heterocycles. The van der Waals surface area contributed by atoms with Crippen LogP contribution in [0.2, 0.25) is 0 Å². The van der Waals surface area contributed by atoms with Gasteiger partial charge in [0.2, 0.25) is 0 Å². The van der Waals surface area contributed by atoms with Crippen LogP contribution in [0.15, 0.2) is 60.9 Å². The molecule has 37 heavy (non-hydrogen) atoms. The number of benzene rings is 2. The zero-order chi connectivity index (χ0) is 25.8. The number of unbranched alkanes of at least 4 members (excludes halogenated alkanes) is 1. The number of hydrogen-bond donors (Lipinski definition) is 2. The minimum atomic E-state index is -0.960. The van der Waals surface area contributed by atoms with E-state index >= 15 is 0 Å². The summed E-state index contributed by atoms with van der Waals surface area (Å²) in [6, 6.07) is 17.2. The molecule has 9 heteroatoms. The Kier molecular flexibility index (Phi) is 7.32. The highest BCUT2D eigenvalue weighted by molar-refractivity contribution is 5.98. The molecule has 0 bridgehead atoms. The highest BCUT2D eigenvalue weighted by Crippen LogP contribution is 2.35. The van der Waals surface area contributed by atoms with Gasteiger partial charge in [0, 0.05) is 18.7 Å². The molecule has 5 rings (SSSR count). The van der Waals surface area contributed by atoms with Gasteiger partial charge in [0.15, 0.2) is 5.65 Å². The molecule has 192 valence electrons. The number of piperidine rings is 1. The monoisotopic (exact) mass is 500 g/mol. The second-order valence-electron chi connectivity index (χ2n) is 9.43. The van der Waals surface area contributed by atoms with Crippen molar-refractivity contribution in [1.29, 1.82) is 0 Å². The van der Waals surface area contributed by atoms with Crippen LogP contribution in [0, 0.1) is 0 Å². The van der Waals surface area contributed by atoms with Crippen molar-refractivity contribution in [2.75, 3.05) is 18.8 Å². The number of anilines is 1. The molecule has 0 radical (unpaired) electrons. The van der Waals surface area contributed by atoms with E-state index < -0.39 is 6.10 Å². The van der Waals surface area contributed by atoms with Crippen LogP contribution in [0.25, 0.3) is 22.3 Å². The van der Waals surface area contributed by atoms with Crippen molar-refractivity contribution in [3.05, 3.63) is 60.9 Å². The third kappa shape index (κ3) is 5.27. The predicted molar refractivity (Wildman–Crippen MR) is 142 cm³/mol. The van der Waals surface area contributed by atoms with E-state index in [0.717, 1.165) is 37.0 Å². The number of rotatable bonds is 8. The van der Waals surface area contributed by atoms with E-state index in [1.54, 1.807) is 4.90 Å². The van der Waals surface area contributed by atoms with E-state index in [-0.39, 0.29) is 11.9 Å². The Morgan fingerprint density at radius 2 is 1.89 bits per heavy atom. The largest absolute Gasteiger partial charge is 0.457 e. The topological polar surface area (TPSA) is 119 Å². The van der Waals surface area contributed by atoms with Crippen molar-refractivity contribution in [3.8, 4) is 22.8 Å². The molecule has 0 spiro atoms. The fourth-order valence-corrected chi connectivity index (χ4v) is 4.84. The van der Waals surface area contributed by atoms with Crippen LogP contribution in [0.5, 0.6) is 11.5 Å². The number of para-hydroxylation sites is 1. The number of nitrogens with zero attached hydrogens (tertiary/aromatic N) is 5. The Balaban J connectivity index is 1.43. The van der Waals surface area contributed by atoms with E-state index in [1.807, 2.05) is 66.2 Å². The number of aliphatic hydroxyl groups excluding tert-OH is 1. The Bertz CT molecular complexity index is 1360. The summed E-state index contributed by atoms with van der Waals surface area (Å²) >= 11 is 0. The van der Waals surface area contributed by atoms with Crippen molar-refractivity contribution < 1.29 is 14.6 Å². The minimum Gasteiger partial charge on any atom is -0.457 e. The van der Waals surface area contributed by atoms with Gasteiger partial charge in [-0.3, -0.25) is 4.79 Å². The summed E-state index contributed by atoms with van der Waals surface area (Å²) in [6.07, 6.45) is 4.39. The first-order valence-corrected chi connectivity index (χ1v) is 12.8. The highest BCUT2D eigenvalue weighted by Gasteiger charge is 2.31. The van der Waals surface area contributed by atoms with Crippen LogP contribution in [0.3, 0.4) is 0 Å². The van der Waals surface area contributed by atoms with E-state index in [1.165, 1.54) is 6.33 Å². The molecular formula is C28H32N6O3. The van der Waals surface area contributed by atoms with Crippen molar-refractivity contribution in [1.82, 2.24) is 24.6 Å². The third-order valence-electron chi connectivity index (χ3n) is 6.80. The SMILES string of the molecule is CCCCC(O)C(=O)N1CCCC(n2nc(-c3ccc(Oc4ccccc4)cc3)c3c(N)ncnc32)C1. The van der Waals surface area contributed by atoms with Gasteiger partial charge < -0.3 is 20.5 Å². The maximum atomic E-state index is 12.9. The average molecular weight is 501 g/mol. The number of aliphatic hydroxyl groups is 1. The lowest BCUT2D eigenvalue weighted by molar-refractivity contribution is -0.142. The molecule has 1 saturated heterocycles. The van der Waals surface area contributed by atoms with E-state index in [2.05, 4.69) is 9.97 Å². The van der Waals surface area contributed by atoms with Crippen LogP contribution < -0.4 is 10.5 Å². The molecule has 2 atom stereocenters. The quantitative estimate of drug-likeness (QED) is 0.363. The molecule has 1 aliphatic rings. The normalized spacial score (nSPS) is 16.6. The van der Waals surface area contributed by atoms with Gasteiger partial charge in [-0.15, -0.1) is 0 Å². The van der Waals surface area contributed by atoms with Crippen molar-refractivity contribution >= 4 is 22.8 Å². The fourth-order valence-electron chi connectivity index (χ4n) is 4.84. The number of carbonyl (C=O) groups is 1. The number of amides is 1. The van der Waals surface area contributed by atoms with Crippen molar-refractivity contribution in [2.24, 2.45) is 0 Å². The summed E-state index contributed by atoms with van der Waals surface area (Å²) in [5, 5.41) is 16.0. The lowest BCUT2D eigenvalue weighted by Crippen LogP contribution is -2.45. The summed E-state index contributed by atoms with van der Waals surface area (Å²) < 4.78 is 7.80. The molecule has 9 nitrogen and oxygen atoms in total. The molecule has 2 aromatic heterocycles. The summed E-state index contributed by atoms with van der Waals surface area (Å²) in [7, 11) is 0. The minimum absolute atomic E-state index is 0.0812. The van der Waals surface area contributed by atoms with Crippen LogP contribution in [-0.4, -0.2) is 54.9 Å². The molecular weight excluding hydrogens is 468 g/mol. The van der Waals surface area contributed by atoms with E-state index in [4.69, 9.17) is 15.6 Å². The van der Waals surface area contributed by atoms with E-state index in [0.29, 0.717) is 47.8 Å². The molecule has 2 aromatic carbocycles. The lowest BCUT2D eigenvalue weighted by atomic mass is 10.0. The van der Waals surface area contributed by atoms with Crippen molar-refractivity contribution in [3.63, 3.8) is 0 Å². The standard InChI is InChI=1S/C28H32N6O3/c1-2-3-11-23(35)28(36)33-16-7-8-20(17-33)34-27-24(26(29)30-18-31-27)25(32-34)19-12-14-22(15-13-19)37-21-9-5-4-6-10-21/h4-6,9-10,12-15,18,20,23,35H,2-3,7-8,11,16-17H2,1H3,(H2,29,30,31). The molecule has 1 amide bonds. The van der Waals surface area contributed by atoms with Crippen LogP contribution >= 0.6 is 0 Å². The van der Waals surface area contributed by atoms with Gasteiger partial charge in [-0.05, 0) is 55.7 Å². The predicted octanol–water partition coefficient (Wildman–Crippen LogP) is 4.58. The number of nitrogens with two attached hydrogens (primary N) is 1. The summed E-state index contributed by atoms with van der Waals surface area (Å²) in [5.41, 5.74) is 8.49. The van der Waals surface area contributed by atoms with Crippen LogP contribution in [0.1, 0.15) is 45.1 Å². The molecule has 3 N–H and O–H groups in total. The van der Waals surface area contributed by atoms with Gasteiger partial charge in [-0.1, -0.05) is 38.0 Å². The summed E-state index contributed by atoms with van der Waals surface area (Å²) in [4.78, 5) is 23.4. The number of ether oxygens (including phenoxy) is 1. The number of likely N-dealkylation sites (tertiary alicyclic amines) is 1. The average Bonchev–Trinajstić information content (AvgIpc) is 3.33. The maximum Gasteiger partial charge on any atom is 0.251 e. The van der Waals surface area contributed by atoms with Crippen molar-refractivity contribution in [2.45, 2.75) is 51.2 Å². The summed E-state index contributed by atoms with van der Waals surface area (Å²) in [5.74, 6) is 1.62. The first kappa shape index (κ1) is 24.7. The highest BCUT2D eigenvalue weighted by atomic mass is 16.5. The molecule has 1 fully saturated rings. The van der Waals surface area contributed by atoms with Gasteiger partial charge in [-0.2, -0.15) is 5.10 Å². The zero-order valence-electron chi connectivity index (χ0n) is 21.0. The Morgan fingerprint density at radius 3 is 2.65 bits per heavy atom. The van der Waals surface area contributed by atoms with Gasteiger partial charge in [0.1, 0.15) is 35.4 Å². The van der Waals surface area contributed by atoms with Gasteiger partial charge >= 0.3 is 0 Å². The van der Waals surface area contributed by atoms with Gasteiger partial charge in [0.05, 0.1) is 11.4 Å². The fraction of sp³-hybridized carbons (Fsp3) is 0.357. The second-order valence-corrected chi connectivity index (χ2v) is 9.43. The molecule has 1 aliphatic heterocycles. The smallest absolute Gasteiger partial charge is 0.251 e. The number of carbonyl (C=O) groups excluding carboxylic acids is 1.